The van der Waals surface area contributed by atoms with E-state index in [0.29, 0.717) is 5.15 Å². The number of nitrogens with zero attached hydrogens (tertiary/aromatic N) is 3. The molecular formula is C11H20ClN3O. The molecule has 0 amide bonds. The molecule has 0 aliphatic heterocycles. The molecule has 92 valence electrons. The van der Waals surface area contributed by atoms with Crippen LogP contribution in [0.2, 0.25) is 5.15 Å². The van der Waals surface area contributed by atoms with Crippen molar-refractivity contribution >= 4 is 11.6 Å². The van der Waals surface area contributed by atoms with E-state index in [4.69, 9.17) is 11.6 Å². The molecule has 0 radical (unpaired) electrons. The molecule has 1 rings (SSSR count). The molecular weight excluding hydrogens is 226 g/mol. The van der Waals surface area contributed by atoms with E-state index in [0.717, 1.165) is 30.8 Å². The predicted octanol–water partition coefficient (Wildman–Crippen LogP) is 1.58. The Morgan fingerprint density at radius 3 is 2.62 bits per heavy atom. The summed E-state index contributed by atoms with van der Waals surface area (Å²) in [6.45, 7) is 5.38. The summed E-state index contributed by atoms with van der Waals surface area (Å²) in [6, 6.07) is 0. The van der Waals surface area contributed by atoms with Crippen molar-refractivity contribution < 1.29 is 5.11 Å². The lowest BCUT2D eigenvalue weighted by Crippen LogP contribution is -2.22. The lowest BCUT2D eigenvalue weighted by atomic mass is 10.2. The van der Waals surface area contributed by atoms with Crippen LogP contribution in [-0.2, 0) is 13.6 Å². The van der Waals surface area contributed by atoms with Gasteiger partial charge in [-0.25, -0.2) is 0 Å². The molecule has 1 aromatic heterocycles. The normalized spacial score (nSPS) is 13.4. The van der Waals surface area contributed by atoms with Gasteiger partial charge in [-0.05, 0) is 27.3 Å². The number of rotatable bonds is 5. The zero-order valence-corrected chi connectivity index (χ0v) is 11.1. The number of aromatic nitrogens is 2. The Morgan fingerprint density at radius 1 is 1.56 bits per heavy atom. The lowest BCUT2D eigenvalue weighted by Gasteiger charge is -2.17. The minimum absolute atomic E-state index is 0.257. The van der Waals surface area contributed by atoms with Gasteiger partial charge in [-0.2, -0.15) is 5.10 Å². The third-order valence-corrected chi connectivity index (χ3v) is 3.10. The van der Waals surface area contributed by atoms with Gasteiger partial charge >= 0.3 is 0 Å². The fraction of sp³-hybridized carbons (Fsp3) is 0.727. The SMILES string of the molecule is Cc1nn(C)c(Cl)c1CN(C)CCC(C)O. The first-order valence-electron chi connectivity index (χ1n) is 5.46. The smallest absolute Gasteiger partial charge is 0.131 e. The van der Waals surface area contributed by atoms with Crippen LogP contribution in [0.4, 0.5) is 0 Å². The van der Waals surface area contributed by atoms with Crippen molar-refractivity contribution in [3.05, 3.63) is 16.4 Å². The van der Waals surface area contributed by atoms with Gasteiger partial charge < -0.3 is 10.0 Å². The van der Waals surface area contributed by atoms with Gasteiger partial charge in [0.15, 0.2) is 0 Å². The summed E-state index contributed by atoms with van der Waals surface area (Å²) in [5.41, 5.74) is 2.04. The highest BCUT2D eigenvalue weighted by Gasteiger charge is 2.13. The van der Waals surface area contributed by atoms with E-state index in [2.05, 4.69) is 10.00 Å². The van der Waals surface area contributed by atoms with E-state index >= 15 is 0 Å². The maximum atomic E-state index is 9.21. The Hall–Kier alpha value is -0.580. The third-order valence-electron chi connectivity index (χ3n) is 2.63. The number of hydrogen-bond acceptors (Lipinski definition) is 3. The molecule has 16 heavy (non-hydrogen) atoms. The number of aryl methyl sites for hydroxylation is 2. The van der Waals surface area contributed by atoms with Crippen LogP contribution in [0.15, 0.2) is 0 Å². The highest BCUT2D eigenvalue weighted by atomic mass is 35.5. The molecule has 0 fully saturated rings. The molecule has 0 aromatic carbocycles. The lowest BCUT2D eigenvalue weighted by molar-refractivity contribution is 0.163. The molecule has 5 heteroatoms. The van der Waals surface area contributed by atoms with Crippen LogP contribution in [0.3, 0.4) is 0 Å². The zero-order chi connectivity index (χ0) is 12.3. The number of aliphatic hydroxyl groups excluding tert-OH is 1. The topological polar surface area (TPSA) is 41.3 Å². The first kappa shape index (κ1) is 13.5. The van der Waals surface area contributed by atoms with Crippen LogP contribution in [0.25, 0.3) is 0 Å². The minimum atomic E-state index is -0.257. The third kappa shape index (κ3) is 3.47. The van der Waals surface area contributed by atoms with Crippen LogP contribution >= 0.6 is 11.6 Å². The molecule has 1 aromatic rings. The highest BCUT2D eigenvalue weighted by molar-refractivity contribution is 6.30. The Morgan fingerprint density at radius 2 is 2.19 bits per heavy atom. The predicted molar refractivity (Wildman–Crippen MR) is 65.6 cm³/mol. The average molecular weight is 246 g/mol. The van der Waals surface area contributed by atoms with E-state index < -0.39 is 0 Å². The van der Waals surface area contributed by atoms with Crippen molar-refractivity contribution in [1.29, 1.82) is 0 Å². The summed E-state index contributed by atoms with van der Waals surface area (Å²) in [4.78, 5) is 2.14. The van der Waals surface area contributed by atoms with Gasteiger partial charge in [0, 0.05) is 25.7 Å². The maximum absolute atomic E-state index is 9.21. The molecule has 0 saturated heterocycles. The molecule has 4 nitrogen and oxygen atoms in total. The van der Waals surface area contributed by atoms with Crippen LogP contribution in [-0.4, -0.2) is 39.5 Å². The average Bonchev–Trinajstić information content (AvgIpc) is 2.42. The fourth-order valence-electron chi connectivity index (χ4n) is 1.61. The van der Waals surface area contributed by atoms with Crippen molar-refractivity contribution in [2.75, 3.05) is 13.6 Å². The van der Waals surface area contributed by atoms with Crippen LogP contribution in [0, 0.1) is 6.92 Å². The second-order valence-electron chi connectivity index (χ2n) is 4.35. The van der Waals surface area contributed by atoms with Crippen molar-refractivity contribution in [3.8, 4) is 0 Å². The van der Waals surface area contributed by atoms with Crippen molar-refractivity contribution in [1.82, 2.24) is 14.7 Å². The van der Waals surface area contributed by atoms with E-state index in [1.54, 1.807) is 11.6 Å². The number of hydrogen-bond donors (Lipinski definition) is 1. The number of halogens is 1. The minimum Gasteiger partial charge on any atom is -0.393 e. The number of aliphatic hydroxyl groups is 1. The van der Waals surface area contributed by atoms with E-state index in [-0.39, 0.29) is 6.10 Å². The highest BCUT2D eigenvalue weighted by Crippen LogP contribution is 2.20. The molecule has 0 aliphatic carbocycles. The van der Waals surface area contributed by atoms with Crippen LogP contribution < -0.4 is 0 Å². The van der Waals surface area contributed by atoms with Gasteiger partial charge in [0.25, 0.3) is 0 Å². The summed E-state index contributed by atoms with van der Waals surface area (Å²) >= 11 is 6.15. The molecule has 0 spiro atoms. The molecule has 1 heterocycles. The van der Waals surface area contributed by atoms with Gasteiger partial charge in [0.05, 0.1) is 11.8 Å². The summed E-state index contributed by atoms with van der Waals surface area (Å²) in [5, 5.41) is 14.2. The Kier molecular flexibility index (Phi) is 4.77. The van der Waals surface area contributed by atoms with Crippen LogP contribution in [0.5, 0.6) is 0 Å². The zero-order valence-electron chi connectivity index (χ0n) is 10.4. The van der Waals surface area contributed by atoms with Crippen LogP contribution in [0.1, 0.15) is 24.6 Å². The van der Waals surface area contributed by atoms with E-state index in [9.17, 15) is 5.11 Å². The van der Waals surface area contributed by atoms with Gasteiger partial charge in [-0.15, -0.1) is 0 Å². The van der Waals surface area contributed by atoms with Crippen molar-refractivity contribution in [2.24, 2.45) is 7.05 Å². The summed E-state index contributed by atoms with van der Waals surface area (Å²) in [7, 11) is 3.86. The van der Waals surface area contributed by atoms with E-state index in [1.165, 1.54) is 0 Å². The quantitative estimate of drug-likeness (QED) is 0.857. The Balaban J connectivity index is 2.59. The second-order valence-corrected chi connectivity index (χ2v) is 4.71. The van der Waals surface area contributed by atoms with Crippen molar-refractivity contribution in [2.45, 2.75) is 32.9 Å². The summed E-state index contributed by atoms with van der Waals surface area (Å²) < 4.78 is 1.69. The fourth-order valence-corrected chi connectivity index (χ4v) is 1.84. The molecule has 0 bridgehead atoms. The largest absolute Gasteiger partial charge is 0.393 e. The van der Waals surface area contributed by atoms with Gasteiger partial charge in [0.1, 0.15) is 5.15 Å². The summed E-state index contributed by atoms with van der Waals surface area (Å²) in [6.07, 6.45) is 0.515. The Bertz CT molecular complexity index is 349. The maximum Gasteiger partial charge on any atom is 0.131 e. The molecule has 1 unspecified atom stereocenters. The molecule has 1 N–H and O–H groups in total. The second kappa shape index (κ2) is 5.66. The standard InChI is InChI=1S/C11H20ClN3O/c1-8(16)5-6-14(3)7-10-9(2)13-15(4)11(10)12/h8,16H,5-7H2,1-4H3. The van der Waals surface area contributed by atoms with E-state index in [1.807, 2.05) is 21.0 Å². The van der Waals surface area contributed by atoms with Gasteiger partial charge in [-0.1, -0.05) is 11.6 Å². The van der Waals surface area contributed by atoms with Gasteiger partial charge in [0.2, 0.25) is 0 Å². The first-order valence-corrected chi connectivity index (χ1v) is 5.84. The monoisotopic (exact) mass is 245 g/mol. The van der Waals surface area contributed by atoms with Crippen molar-refractivity contribution in [3.63, 3.8) is 0 Å². The molecule has 1 atom stereocenters. The molecule has 0 saturated carbocycles. The van der Waals surface area contributed by atoms with Gasteiger partial charge in [-0.3, -0.25) is 4.68 Å². The first-order chi connectivity index (χ1) is 7.41. The molecule has 0 aliphatic rings. The Labute approximate surface area is 102 Å². The summed E-state index contributed by atoms with van der Waals surface area (Å²) in [5.74, 6) is 0.